The third-order valence-electron chi connectivity index (χ3n) is 6.38. The quantitative estimate of drug-likeness (QED) is 0.0943. The Morgan fingerprint density at radius 3 is 2.42 bits per heavy atom. The Hall–Kier alpha value is -3.82. The molecule has 1 atom stereocenters. The van der Waals surface area contributed by atoms with Gasteiger partial charge >= 0.3 is 5.91 Å². The van der Waals surface area contributed by atoms with E-state index in [1.807, 2.05) is 50.2 Å². The second kappa shape index (κ2) is 10.9. The molecule has 3 aromatic carbocycles. The van der Waals surface area contributed by atoms with E-state index in [0.29, 0.717) is 26.8 Å². The molecule has 1 fully saturated rings. The van der Waals surface area contributed by atoms with Crippen molar-refractivity contribution in [1.82, 2.24) is 10.2 Å². The summed E-state index contributed by atoms with van der Waals surface area (Å²) in [5.41, 5.74) is 3.76. The number of aryl methyl sites for hydroxylation is 2. The second-order valence-corrected chi connectivity index (χ2v) is 11.0. The molecule has 1 aromatic heterocycles. The highest BCUT2D eigenvalue weighted by Crippen LogP contribution is 2.44. The SMILES string of the molecule is CCc1ccc(C2/C(=C(/O)c3ccc(C)cc3)C(=O)C(=O)N2c2nnc(SCc3ccccc3F)s2)cc1. The summed E-state index contributed by atoms with van der Waals surface area (Å²) in [7, 11) is 0. The number of aromatic nitrogens is 2. The Morgan fingerprint density at radius 2 is 1.74 bits per heavy atom. The number of hydrogen-bond acceptors (Lipinski definition) is 7. The lowest BCUT2D eigenvalue weighted by Crippen LogP contribution is -2.29. The molecular formula is C29H24FN3O3S2. The fourth-order valence-electron chi connectivity index (χ4n) is 4.26. The van der Waals surface area contributed by atoms with Gasteiger partial charge in [0.05, 0.1) is 11.6 Å². The number of amides is 1. The van der Waals surface area contributed by atoms with Crippen molar-refractivity contribution in [2.24, 2.45) is 0 Å². The minimum absolute atomic E-state index is 0.00105. The van der Waals surface area contributed by atoms with E-state index >= 15 is 0 Å². The highest BCUT2D eigenvalue weighted by Gasteiger charge is 2.48. The van der Waals surface area contributed by atoms with Gasteiger partial charge in [-0.15, -0.1) is 10.2 Å². The van der Waals surface area contributed by atoms with Crippen LogP contribution in [0.5, 0.6) is 0 Å². The van der Waals surface area contributed by atoms with E-state index in [-0.39, 0.29) is 22.3 Å². The number of carbonyl (C=O) groups is 2. The molecule has 2 heterocycles. The Labute approximate surface area is 227 Å². The van der Waals surface area contributed by atoms with E-state index in [4.69, 9.17) is 0 Å². The Bertz CT molecular complexity index is 1530. The Balaban J connectivity index is 1.54. The number of ketones is 1. The van der Waals surface area contributed by atoms with E-state index in [1.165, 1.54) is 22.7 Å². The summed E-state index contributed by atoms with van der Waals surface area (Å²) in [6.07, 6.45) is 0.836. The van der Waals surface area contributed by atoms with Gasteiger partial charge in [0, 0.05) is 11.3 Å². The fraction of sp³-hybridized carbons (Fsp3) is 0.172. The number of aliphatic hydroxyl groups is 1. The zero-order valence-electron chi connectivity index (χ0n) is 20.7. The number of thioether (sulfide) groups is 1. The van der Waals surface area contributed by atoms with Crippen molar-refractivity contribution in [3.8, 4) is 0 Å². The number of anilines is 1. The van der Waals surface area contributed by atoms with Gasteiger partial charge in [0.2, 0.25) is 5.13 Å². The predicted molar refractivity (Wildman–Crippen MR) is 148 cm³/mol. The molecular weight excluding hydrogens is 521 g/mol. The van der Waals surface area contributed by atoms with Crippen LogP contribution in [0, 0.1) is 12.7 Å². The maximum atomic E-state index is 14.0. The molecule has 0 radical (unpaired) electrons. The van der Waals surface area contributed by atoms with Crippen molar-refractivity contribution in [2.75, 3.05) is 4.90 Å². The molecule has 0 spiro atoms. The molecule has 1 amide bonds. The first kappa shape index (κ1) is 25.8. The monoisotopic (exact) mass is 545 g/mol. The lowest BCUT2D eigenvalue weighted by Gasteiger charge is -2.22. The molecule has 0 saturated carbocycles. The predicted octanol–water partition coefficient (Wildman–Crippen LogP) is 6.47. The summed E-state index contributed by atoms with van der Waals surface area (Å²) in [5.74, 6) is -1.78. The molecule has 6 nitrogen and oxygen atoms in total. The molecule has 9 heteroatoms. The summed E-state index contributed by atoms with van der Waals surface area (Å²) in [6.45, 7) is 3.97. The third kappa shape index (κ3) is 4.99. The van der Waals surface area contributed by atoms with Crippen LogP contribution in [0.1, 0.15) is 40.8 Å². The number of Topliss-reactive ketones (excluding diaryl/α,β-unsaturated/α-hetero) is 1. The third-order valence-corrected chi connectivity index (χ3v) is 8.49. The van der Waals surface area contributed by atoms with Gasteiger partial charge in [0.1, 0.15) is 11.6 Å². The first-order valence-electron chi connectivity index (χ1n) is 12.0. The van der Waals surface area contributed by atoms with Crippen molar-refractivity contribution in [2.45, 2.75) is 36.4 Å². The van der Waals surface area contributed by atoms with Crippen LogP contribution in [0.2, 0.25) is 0 Å². The van der Waals surface area contributed by atoms with Crippen molar-refractivity contribution in [3.63, 3.8) is 0 Å². The van der Waals surface area contributed by atoms with Gasteiger partial charge in [-0.3, -0.25) is 14.5 Å². The van der Waals surface area contributed by atoms with Crippen molar-refractivity contribution >= 4 is 45.7 Å². The summed E-state index contributed by atoms with van der Waals surface area (Å²) in [4.78, 5) is 28.0. The van der Waals surface area contributed by atoms with Crippen molar-refractivity contribution in [1.29, 1.82) is 0 Å². The fourth-order valence-corrected chi connectivity index (χ4v) is 6.11. The summed E-state index contributed by atoms with van der Waals surface area (Å²) in [5, 5.41) is 19.9. The first-order valence-corrected chi connectivity index (χ1v) is 13.8. The van der Waals surface area contributed by atoms with Gasteiger partial charge in [0.25, 0.3) is 5.78 Å². The molecule has 192 valence electrons. The van der Waals surface area contributed by atoms with Crippen LogP contribution >= 0.6 is 23.1 Å². The zero-order chi connectivity index (χ0) is 26.8. The molecule has 1 N–H and O–H groups in total. The number of nitrogens with zero attached hydrogens (tertiary/aromatic N) is 3. The molecule has 1 saturated heterocycles. The average molecular weight is 546 g/mol. The number of carbonyl (C=O) groups excluding carboxylic acids is 2. The maximum absolute atomic E-state index is 14.0. The van der Waals surface area contributed by atoms with E-state index in [1.54, 1.807) is 30.3 Å². The number of hydrogen-bond donors (Lipinski definition) is 1. The Morgan fingerprint density at radius 1 is 1.03 bits per heavy atom. The van der Waals surface area contributed by atoms with E-state index in [0.717, 1.165) is 28.9 Å². The molecule has 1 aliphatic heterocycles. The van der Waals surface area contributed by atoms with Crippen molar-refractivity contribution in [3.05, 3.63) is 112 Å². The van der Waals surface area contributed by atoms with E-state index < -0.39 is 17.7 Å². The van der Waals surface area contributed by atoms with E-state index in [9.17, 15) is 19.1 Å². The lowest BCUT2D eigenvalue weighted by molar-refractivity contribution is -0.132. The van der Waals surface area contributed by atoms with Crippen LogP contribution in [0.15, 0.2) is 82.7 Å². The van der Waals surface area contributed by atoms with Gasteiger partial charge in [0.15, 0.2) is 4.34 Å². The maximum Gasteiger partial charge on any atom is 0.301 e. The largest absolute Gasteiger partial charge is 0.507 e. The van der Waals surface area contributed by atoms with Crippen molar-refractivity contribution < 1.29 is 19.1 Å². The van der Waals surface area contributed by atoms with E-state index in [2.05, 4.69) is 10.2 Å². The van der Waals surface area contributed by atoms with Gasteiger partial charge in [-0.2, -0.15) is 0 Å². The van der Waals surface area contributed by atoms with Crippen LogP contribution in [0.25, 0.3) is 5.76 Å². The highest BCUT2D eigenvalue weighted by atomic mass is 32.2. The van der Waals surface area contributed by atoms with Gasteiger partial charge in [-0.05, 0) is 36.1 Å². The number of benzene rings is 3. The minimum Gasteiger partial charge on any atom is -0.507 e. The molecule has 0 aliphatic carbocycles. The topological polar surface area (TPSA) is 83.4 Å². The van der Waals surface area contributed by atoms with Crippen LogP contribution in [-0.4, -0.2) is 27.0 Å². The Kier molecular flexibility index (Phi) is 7.40. The lowest BCUT2D eigenvalue weighted by atomic mass is 9.94. The summed E-state index contributed by atoms with van der Waals surface area (Å²) < 4.78 is 14.6. The normalized spacial score (nSPS) is 16.8. The second-order valence-electron chi connectivity index (χ2n) is 8.86. The average Bonchev–Trinajstić information content (AvgIpc) is 3.50. The molecule has 5 rings (SSSR count). The first-order chi connectivity index (χ1) is 18.4. The highest BCUT2D eigenvalue weighted by molar-refractivity contribution is 8.00. The zero-order valence-corrected chi connectivity index (χ0v) is 22.4. The molecule has 1 aliphatic rings. The van der Waals surface area contributed by atoms with Crippen LogP contribution < -0.4 is 4.90 Å². The summed E-state index contributed by atoms with van der Waals surface area (Å²) >= 11 is 2.44. The van der Waals surface area contributed by atoms with Gasteiger partial charge in [-0.25, -0.2) is 4.39 Å². The minimum atomic E-state index is -0.875. The van der Waals surface area contributed by atoms with Crippen LogP contribution in [-0.2, 0) is 21.8 Å². The molecule has 4 aromatic rings. The number of rotatable bonds is 7. The number of halogens is 1. The number of aliphatic hydroxyl groups excluding tert-OH is 1. The summed E-state index contributed by atoms with van der Waals surface area (Å²) in [6, 6.07) is 20.3. The van der Waals surface area contributed by atoms with Crippen LogP contribution in [0.4, 0.5) is 9.52 Å². The smallest absolute Gasteiger partial charge is 0.301 e. The van der Waals surface area contributed by atoms with Crippen LogP contribution in [0.3, 0.4) is 0 Å². The molecule has 38 heavy (non-hydrogen) atoms. The van der Waals surface area contributed by atoms with Gasteiger partial charge in [-0.1, -0.05) is 102 Å². The standard InChI is InChI=1S/C29H24FN3O3S2/c1-3-18-10-14-19(15-11-18)24-23(25(34)20-12-8-17(2)9-13-20)26(35)27(36)33(24)28-31-32-29(38-28)37-16-21-6-4-5-7-22(21)30/h4-15,24,34H,3,16H2,1-2H3/b25-23-. The molecule has 0 bridgehead atoms. The van der Waals surface area contributed by atoms with Gasteiger partial charge < -0.3 is 5.11 Å². The molecule has 1 unspecified atom stereocenters.